The van der Waals surface area contributed by atoms with E-state index in [0.717, 1.165) is 0 Å². The summed E-state index contributed by atoms with van der Waals surface area (Å²) in [6.07, 6.45) is -0.682. The molecule has 2 aliphatic heterocycles. The van der Waals surface area contributed by atoms with Crippen LogP contribution in [0.4, 0.5) is 4.79 Å². The summed E-state index contributed by atoms with van der Waals surface area (Å²) in [5, 5.41) is 14.8. The first kappa shape index (κ1) is 22.8. The molecule has 2 fully saturated rings. The van der Waals surface area contributed by atoms with E-state index in [1.165, 1.54) is 11.8 Å². The molecule has 10 heteroatoms. The first-order valence-corrected chi connectivity index (χ1v) is 10.2. The summed E-state index contributed by atoms with van der Waals surface area (Å²) in [4.78, 5) is 37.4. The van der Waals surface area contributed by atoms with Gasteiger partial charge >= 0.3 is 12.1 Å². The zero-order valence-electron chi connectivity index (χ0n) is 17.3. The Hall–Kier alpha value is -1.52. The fraction of sp³-hybridized carbons (Fsp3) is 0.833. The Kier molecular flexibility index (Phi) is 6.57. The zero-order chi connectivity index (χ0) is 21.3. The second-order valence-corrected chi connectivity index (χ2v) is 10.6. The number of likely N-dealkylation sites (tertiary alicyclic amines) is 1. The number of nitrogens with zero attached hydrogens (tertiary/aromatic N) is 1. The first-order valence-electron chi connectivity index (χ1n) is 9.26. The molecule has 3 N–H and O–H groups in total. The van der Waals surface area contributed by atoms with Gasteiger partial charge in [0.15, 0.2) is 0 Å². The third-order valence-electron chi connectivity index (χ3n) is 4.14. The lowest BCUT2D eigenvalue weighted by Crippen LogP contribution is -2.70. The summed E-state index contributed by atoms with van der Waals surface area (Å²) < 4.78 is 11.0. The monoisotopic (exact) mass is 417 g/mol. The Morgan fingerprint density at radius 1 is 1.21 bits per heavy atom. The van der Waals surface area contributed by atoms with Crippen LogP contribution in [0.3, 0.4) is 0 Å². The lowest BCUT2D eigenvalue weighted by Gasteiger charge is -2.48. The zero-order valence-corrected chi connectivity index (χ0v) is 18.1. The molecule has 0 aromatic rings. The summed E-state index contributed by atoms with van der Waals surface area (Å²) in [6, 6.07) is -1.49. The summed E-state index contributed by atoms with van der Waals surface area (Å²) in [5.41, 5.74) is -1.15. The normalized spacial score (nSPS) is 22.5. The molecule has 9 nitrogen and oxygen atoms in total. The molecule has 0 bridgehead atoms. The van der Waals surface area contributed by atoms with E-state index in [1.807, 2.05) is 20.8 Å². The molecule has 28 heavy (non-hydrogen) atoms. The molecular formula is C18H31N3O6S. The lowest BCUT2D eigenvalue weighted by atomic mass is 10.1. The van der Waals surface area contributed by atoms with Crippen LogP contribution in [-0.2, 0) is 19.1 Å². The van der Waals surface area contributed by atoms with Gasteiger partial charge in [-0.3, -0.25) is 14.9 Å². The topological polar surface area (TPSA) is 117 Å². The van der Waals surface area contributed by atoms with Gasteiger partial charge in [-0.15, -0.1) is 11.8 Å². The van der Waals surface area contributed by atoms with Crippen molar-refractivity contribution in [3.63, 3.8) is 0 Å². The maximum absolute atomic E-state index is 12.9. The highest BCUT2D eigenvalue weighted by Crippen LogP contribution is 2.38. The number of hydrogen-bond donors (Lipinski definition) is 3. The molecular weight excluding hydrogens is 386 g/mol. The molecule has 0 aromatic heterocycles. The van der Waals surface area contributed by atoms with Crippen LogP contribution in [0.1, 0.15) is 41.5 Å². The van der Waals surface area contributed by atoms with E-state index in [2.05, 4.69) is 10.6 Å². The van der Waals surface area contributed by atoms with Gasteiger partial charge in [-0.2, -0.15) is 0 Å². The van der Waals surface area contributed by atoms with Crippen molar-refractivity contribution >= 4 is 29.7 Å². The van der Waals surface area contributed by atoms with Gasteiger partial charge in [-0.05, 0) is 41.5 Å². The molecule has 2 amide bonds. The molecule has 0 radical (unpaired) electrons. The smallest absolute Gasteiger partial charge is 0.408 e. The second kappa shape index (κ2) is 8.08. The molecule has 2 saturated heterocycles. The van der Waals surface area contributed by atoms with Gasteiger partial charge in [-0.25, -0.2) is 4.79 Å². The number of carboxylic acid groups (broad SMARTS) is 1. The number of alkyl carbamates (subject to hydrolysis) is 1. The van der Waals surface area contributed by atoms with Crippen LogP contribution in [-0.4, -0.2) is 81.6 Å². The van der Waals surface area contributed by atoms with Crippen molar-refractivity contribution in [2.75, 3.05) is 25.4 Å². The average molecular weight is 418 g/mol. The maximum atomic E-state index is 12.9. The fourth-order valence-corrected chi connectivity index (χ4v) is 4.30. The van der Waals surface area contributed by atoms with E-state index in [9.17, 15) is 14.4 Å². The molecule has 0 unspecified atom stereocenters. The molecule has 160 valence electrons. The van der Waals surface area contributed by atoms with Gasteiger partial charge in [0.05, 0.1) is 25.3 Å². The number of nitrogens with one attached hydrogen (secondary N) is 2. The van der Waals surface area contributed by atoms with E-state index in [4.69, 9.17) is 14.6 Å². The Balaban J connectivity index is 1.97. The highest BCUT2D eigenvalue weighted by Gasteiger charge is 2.52. The van der Waals surface area contributed by atoms with Gasteiger partial charge in [0, 0.05) is 5.75 Å². The number of ether oxygens (including phenoxy) is 2. The summed E-state index contributed by atoms with van der Waals surface area (Å²) >= 11 is 1.51. The largest absolute Gasteiger partial charge is 0.480 e. The van der Waals surface area contributed by atoms with Gasteiger partial charge in [0.2, 0.25) is 5.91 Å². The summed E-state index contributed by atoms with van der Waals surface area (Å²) in [7, 11) is 0. The molecule has 0 aliphatic carbocycles. The molecule has 2 aliphatic rings. The number of thioether (sulfide) groups is 1. The minimum atomic E-state index is -0.891. The van der Waals surface area contributed by atoms with E-state index in [1.54, 1.807) is 25.7 Å². The number of aliphatic carboxylic acids is 1. The van der Waals surface area contributed by atoms with Crippen molar-refractivity contribution in [1.29, 1.82) is 0 Å². The van der Waals surface area contributed by atoms with Gasteiger partial charge in [0.1, 0.15) is 22.6 Å². The Morgan fingerprint density at radius 2 is 1.82 bits per heavy atom. The minimum Gasteiger partial charge on any atom is -0.480 e. The predicted octanol–water partition coefficient (Wildman–Crippen LogP) is 1.02. The number of carboxylic acids is 1. The van der Waals surface area contributed by atoms with Crippen LogP contribution >= 0.6 is 11.8 Å². The van der Waals surface area contributed by atoms with Crippen molar-refractivity contribution in [1.82, 2.24) is 15.5 Å². The molecule has 2 atom stereocenters. The Labute approximate surface area is 169 Å². The van der Waals surface area contributed by atoms with E-state index in [-0.39, 0.29) is 12.5 Å². The third kappa shape index (κ3) is 6.25. The fourth-order valence-electron chi connectivity index (χ4n) is 2.86. The van der Waals surface area contributed by atoms with Crippen molar-refractivity contribution in [2.45, 2.75) is 69.7 Å². The van der Waals surface area contributed by atoms with Crippen molar-refractivity contribution in [3.05, 3.63) is 0 Å². The number of rotatable bonds is 5. The highest BCUT2D eigenvalue weighted by atomic mass is 32.2. The molecule has 2 rings (SSSR count). The number of carbonyl (C=O) groups excluding carboxylic acids is 2. The van der Waals surface area contributed by atoms with Crippen LogP contribution in [0.5, 0.6) is 0 Å². The third-order valence-corrected chi connectivity index (χ3v) is 5.57. The van der Waals surface area contributed by atoms with Crippen LogP contribution in [0.25, 0.3) is 0 Å². The van der Waals surface area contributed by atoms with Crippen molar-refractivity contribution < 1.29 is 29.0 Å². The molecule has 2 heterocycles. The molecule has 1 spiro atoms. The number of amides is 2. The lowest BCUT2D eigenvalue weighted by molar-refractivity contribution is -0.143. The summed E-state index contributed by atoms with van der Waals surface area (Å²) in [6.45, 7) is 11.6. The standard InChI is InChI=1S/C18H31N3O6S/c1-16(2,3)26-7-11(19-15(25)27-17(4,5)6)13(22)21-9-18(10-21)20-12(8-28-18)14(23)24/h11-12,20H,7-10H2,1-6H3,(H,19,25)(H,23,24)/t11-,12-/m0/s1. The highest BCUT2D eigenvalue weighted by molar-refractivity contribution is 8.01. The van der Waals surface area contributed by atoms with Crippen molar-refractivity contribution in [2.24, 2.45) is 0 Å². The van der Waals surface area contributed by atoms with E-state index in [0.29, 0.717) is 18.8 Å². The molecule has 0 saturated carbocycles. The Bertz CT molecular complexity index is 622. The predicted molar refractivity (Wildman–Crippen MR) is 105 cm³/mol. The second-order valence-electron chi connectivity index (χ2n) is 9.16. The van der Waals surface area contributed by atoms with Crippen LogP contribution < -0.4 is 10.6 Å². The van der Waals surface area contributed by atoms with Crippen molar-refractivity contribution in [3.8, 4) is 0 Å². The van der Waals surface area contributed by atoms with Crippen LogP contribution in [0.15, 0.2) is 0 Å². The molecule has 0 aromatic carbocycles. The quantitative estimate of drug-likeness (QED) is 0.607. The summed E-state index contributed by atoms with van der Waals surface area (Å²) in [5.74, 6) is -0.705. The average Bonchev–Trinajstić information content (AvgIpc) is 2.92. The number of carbonyl (C=O) groups is 3. The van der Waals surface area contributed by atoms with Crippen LogP contribution in [0, 0.1) is 0 Å². The van der Waals surface area contributed by atoms with Gasteiger partial charge in [-0.1, -0.05) is 0 Å². The SMILES string of the molecule is CC(C)(C)OC[C@H](NC(=O)OC(C)(C)C)C(=O)N1CC2(C1)N[C@H](C(=O)O)CS2. The van der Waals surface area contributed by atoms with E-state index >= 15 is 0 Å². The minimum absolute atomic E-state index is 0.0173. The Morgan fingerprint density at radius 3 is 2.29 bits per heavy atom. The maximum Gasteiger partial charge on any atom is 0.408 e. The van der Waals surface area contributed by atoms with Crippen LogP contribution in [0.2, 0.25) is 0 Å². The van der Waals surface area contributed by atoms with Gasteiger partial charge < -0.3 is 24.8 Å². The van der Waals surface area contributed by atoms with Gasteiger partial charge in [0.25, 0.3) is 0 Å². The first-order chi connectivity index (χ1) is 12.7. The number of hydrogen-bond acceptors (Lipinski definition) is 7. The van der Waals surface area contributed by atoms with E-state index < -0.39 is 40.2 Å².